The minimum atomic E-state index is 0.264. The monoisotopic (exact) mass is 274 g/mol. The molecule has 1 heterocycles. The smallest absolute Gasteiger partial charge is 0.164 e. The van der Waals surface area contributed by atoms with E-state index in [9.17, 15) is 4.79 Å². The molecule has 0 N–H and O–H groups in total. The molecule has 0 saturated carbocycles. The van der Waals surface area contributed by atoms with Crippen molar-refractivity contribution in [1.82, 2.24) is 9.80 Å². The van der Waals surface area contributed by atoms with Gasteiger partial charge in [0.05, 0.1) is 0 Å². The molecule has 1 saturated heterocycles. The Labute approximate surface area is 122 Å². The van der Waals surface area contributed by atoms with Crippen LogP contribution in [0.1, 0.15) is 35.2 Å². The number of benzene rings is 1. The number of Topliss-reactive ketones (excluding diaryl/α,β-unsaturated/α-hetero) is 1. The number of hydrogen-bond donors (Lipinski definition) is 0. The van der Waals surface area contributed by atoms with Crippen LogP contribution in [0.3, 0.4) is 0 Å². The second-order valence-electron chi connectivity index (χ2n) is 6.13. The largest absolute Gasteiger partial charge is 0.308 e. The zero-order valence-corrected chi connectivity index (χ0v) is 12.9. The third-order valence-electron chi connectivity index (χ3n) is 4.07. The SMILES string of the molecule is Cc1ccc(C(=O)CCN2CCCC2CN(C)C)cc1. The van der Waals surface area contributed by atoms with Gasteiger partial charge in [-0.15, -0.1) is 0 Å². The number of nitrogens with zero attached hydrogens (tertiary/aromatic N) is 2. The Morgan fingerprint density at radius 1 is 1.30 bits per heavy atom. The summed E-state index contributed by atoms with van der Waals surface area (Å²) in [5, 5.41) is 0. The molecule has 1 aromatic carbocycles. The molecule has 0 aromatic heterocycles. The average molecular weight is 274 g/mol. The molecular weight excluding hydrogens is 248 g/mol. The maximum absolute atomic E-state index is 12.2. The minimum absolute atomic E-state index is 0.264. The van der Waals surface area contributed by atoms with Crippen LogP contribution >= 0.6 is 0 Å². The van der Waals surface area contributed by atoms with Crippen molar-refractivity contribution in [2.24, 2.45) is 0 Å². The van der Waals surface area contributed by atoms with Crippen molar-refractivity contribution in [1.29, 1.82) is 0 Å². The maximum Gasteiger partial charge on any atom is 0.164 e. The lowest BCUT2D eigenvalue weighted by molar-refractivity contribution is 0.0957. The molecule has 1 fully saturated rings. The van der Waals surface area contributed by atoms with Crippen LogP contribution in [-0.2, 0) is 0 Å². The summed E-state index contributed by atoms with van der Waals surface area (Å²) in [5.41, 5.74) is 2.05. The highest BCUT2D eigenvalue weighted by molar-refractivity contribution is 5.96. The summed E-state index contributed by atoms with van der Waals surface area (Å²) < 4.78 is 0. The molecular formula is C17H26N2O. The minimum Gasteiger partial charge on any atom is -0.308 e. The number of rotatable bonds is 6. The summed E-state index contributed by atoms with van der Waals surface area (Å²) in [6, 6.07) is 8.53. The Morgan fingerprint density at radius 2 is 2.00 bits per heavy atom. The van der Waals surface area contributed by atoms with E-state index in [2.05, 4.69) is 23.9 Å². The molecule has 1 unspecified atom stereocenters. The van der Waals surface area contributed by atoms with Crippen LogP contribution in [0.4, 0.5) is 0 Å². The first-order chi connectivity index (χ1) is 9.56. The van der Waals surface area contributed by atoms with E-state index in [4.69, 9.17) is 0 Å². The van der Waals surface area contributed by atoms with Gasteiger partial charge in [0.2, 0.25) is 0 Å². The Bertz CT molecular complexity index is 439. The highest BCUT2D eigenvalue weighted by Gasteiger charge is 2.25. The van der Waals surface area contributed by atoms with Crippen LogP contribution in [0.25, 0.3) is 0 Å². The highest BCUT2D eigenvalue weighted by Crippen LogP contribution is 2.18. The van der Waals surface area contributed by atoms with Gasteiger partial charge in [-0.25, -0.2) is 0 Å². The van der Waals surface area contributed by atoms with E-state index >= 15 is 0 Å². The molecule has 0 aliphatic carbocycles. The quantitative estimate of drug-likeness (QED) is 0.745. The molecule has 0 amide bonds. The Kier molecular flexibility index (Phi) is 5.32. The summed E-state index contributed by atoms with van der Waals surface area (Å²) >= 11 is 0. The van der Waals surface area contributed by atoms with E-state index in [1.165, 1.54) is 18.4 Å². The van der Waals surface area contributed by atoms with E-state index < -0.39 is 0 Å². The molecule has 1 atom stereocenters. The number of likely N-dealkylation sites (tertiary alicyclic amines) is 1. The number of likely N-dealkylation sites (N-methyl/N-ethyl adjacent to an activating group) is 1. The van der Waals surface area contributed by atoms with Crippen LogP contribution in [0.2, 0.25) is 0 Å². The lowest BCUT2D eigenvalue weighted by atomic mass is 10.1. The molecule has 0 radical (unpaired) electrons. The van der Waals surface area contributed by atoms with Gasteiger partial charge in [0.1, 0.15) is 0 Å². The van der Waals surface area contributed by atoms with E-state index in [0.29, 0.717) is 12.5 Å². The number of aryl methyl sites for hydroxylation is 1. The molecule has 1 aromatic rings. The third-order valence-corrected chi connectivity index (χ3v) is 4.07. The van der Waals surface area contributed by atoms with Gasteiger partial charge in [0.15, 0.2) is 5.78 Å². The van der Waals surface area contributed by atoms with Crippen LogP contribution in [0.5, 0.6) is 0 Å². The summed E-state index contributed by atoms with van der Waals surface area (Å²) in [7, 11) is 4.24. The van der Waals surface area contributed by atoms with E-state index in [1.54, 1.807) is 0 Å². The van der Waals surface area contributed by atoms with Crippen molar-refractivity contribution in [3.05, 3.63) is 35.4 Å². The standard InChI is InChI=1S/C17H26N2O/c1-14-6-8-15(9-7-14)17(20)10-12-19-11-4-5-16(19)13-18(2)3/h6-9,16H,4-5,10-13H2,1-3H3. The van der Waals surface area contributed by atoms with Crippen molar-refractivity contribution < 1.29 is 4.79 Å². The van der Waals surface area contributed by atoms with Crippen molar-refractivity contribution in [3.63, 3.8) is 0 Å². The van der Waals surface area contributed by atoms with Gasteiger partial charge in [-0.05, 0) is 40.4 Å². The molecule has 20 heavy (non-hydrogen) atoms. The predicted octanol–water partition coefficient (Wildman–Crippen LogP) is 2.59. The highest BCUT2D eigenvalue weighted by atomic mass is 16.1. The summed E-state index contributed by atoms with van der Waals surface area (Å²) in [6.07, 6.45) is 3.15. The first-order valence-corrected chi connectivity index (χ1v) is 7.55. The van der Waals surface area contributed by atoms with Gasteiger partial charge in [0, 0.05) is 31.1 Å². The van der Waals surface area contributed by atoms with E-state index in [1.807, 2.05) is 31.2 Å². The lowest BCUT2D eigenvalue weighted by Gasteiger charge is -2.26. The Hall–Kier alpha value is -1.19. The first kappa shape index (κ1) is 15.2. The normalized spacial score (nSPS) is 19.7. The molecule has 3 heteroatoms. The van der Waals surface area contributed by atoms with Gasteiger partial charge in [-0.2, -0.15) is 0 Å². The van der Waals surface area contributed by atoms with Gasteiger partial charge in [-0.3, -0.25) is 9.69 Å². The fourth-order valence-corrected chi connectivity index (χ4v) is 2.95. The Morgan fingerprint density at radius 3 is 2.65 bits per heavy atom. The fourth-order valence-electron chi connectivity index (χ4n) is 2.95. The summed E-state index contributed by atoms with van der Waals surface area (Å²) in [4.78, 5) is 16.9. The average Bonchev–Trinajstić information content (AvgIpc) is 2.83. The lowest BCUT2D eigenvalue weighted by Crippen LogP contribution is -2.38. The van der Waals surface area contributed by atoms with Crippen LogP contribution in [0.15, 0.2) is 24.3 Å². The van der Waals surface area contributed by atoms with Gasteiger partial charge < -0.3 is 4.90 Å². The third kappa shape index (κ3) is 4.15. The molecule has 0 bridgehead atoms. The number of hydrogen-bond acceptors (Lipinski definition) is 3. The number of carbonyl (C=O) groups excluding carboxylic acids is 1. The molecule has 0 spiro atoms. The summed E-state index contributed by atoms with van der Waals surface area (Å²) in [5.74, 6) is 0.264. The van der Waals surface area contributed by atoms with Gasteiger partial charge >= 0.3 is 0 Å². The molecule has 3 nitrogen and oxygen atoms in total. The summed E-state index contributed by atoms with van der Waals surface area (Å²) in [6.45, 7) is 5.17. The van der Waals surface area contributed by atoms with Crippen molar-refractivity contribution >= 4 is 5.78 Å². The molecule has 1 aliphatic heterocycles. The first-order valence-electron chi connectivity index (χ1n) is 7.55. The number of ketones is 1. The maximum atomic E-state index is 12.2. The Balaban J connectivity index is 1.85. The van der Waals surface area contributed by atoms with Crippen molar-refractivity contribution in [3.8, 4) is 0 Å². The zero-order valence-electron chi connectivity index (χ0n) is 12.9. The van der Waals surface area contributed by atoms with E-state index in [0.717, 1.165) is 25.2 Å². The topological polar surface area (TPSA) is 23.6 Å². The second-order valence-corrected chi connectivity index (χ2v) is 6.13. The molecule has 1 aliphatic rings. The molecule has 2 rings (SSSR count). The van der Waals surface area contributed by atoms with Crippen LogP contribution < -0.4 is 0 Å². The van der Waals surface area contributed by atoms with Crippen molar-refractivity contribution in [2.75, 3.05) is 33.7 Å². The number of carbonyl (C=O) groups is 1. The van der Waals surface area contributed by atoms with E-state index in [-0.39, 0.29) is 5.78 Å². The van der Waals surface area contributed by atoms with Crippen LogP contribution in [0, 0.1) is 6.92 Å². The van der Waals surface area contributed by atoms with Gasteiger partial charge in [-0.1, -0.05) is 29.8 Å². The van der Waals surface area contributed by atoms with Crippen LogP contribution in [-0.4, -0.2) is 55.4 Å². The molecule has 110 valence electrons. The fraction of sp³-hybridized carbons (Fsp3) is 0.588. The van der Waals surface area contributed by atoms with Gasteiger partial charge in [0.25, 0.3) is 0 Å². The zero-order chi connectivity index (χ0) is 14.5. The predicted molar refractivity (Wildman–Crippen MR) is 83.3 cm³/mol. The van der Waals surface area contributed by atoms with Crippen molar-refractivity contribution in [2.45, 2.75) is 32.2 Å². The second kappa shape index (κ2) is 7.00.